The van der Waals surface area contributed by atoms with Crippen molar-refractivity contribution in [3.63, 3.8) is 0 Å². The van der Waals surface area contributed by atoms with Gasteiger partial charge in [-0.05, 0) is 18.3 Å². The van der Waals surface area contributed by atoms with Crippen molar-refractivity contribution in [2.45, 2.75) is 33.6 Å². The third kappa shape index (κ3) is 3.20. The fourth-order valence-corrected chi connectivity index (χ4v) is 2.67. The van der Waals surface area contributed by atoms with Gasteiger partial charge in [-0.15, -0.1) is 0 Å². The van der Waals surface area contributed by atoms with Crippen molar-refractivity contribution in [3.8, 4) is 0 Å². The molecule has 0 aromatic rings. The lowest BCUT2D eigenvalue weighted by molar-refractivity contribution is -0.127. The van der Waals surface area contributed by atoms with Crippen LogP contribution in [-0.2, 0) is 14.6 Å². The Morgan fingerprint density at radius 2 is 2.00 bits per heavy atom. The lowest BCUT2D eigenvalue weighted by Gasteiger charge is -2.22. The monoisotopic (exact) mass is 247 g/mol. The Kier molecular flexibility index (Phi) is 3.99. The summed E-state index contributed by atoms with van der Waals surface area (Å²) in [7, 11) is -3.19. The third-order valence-electron chi connectivity index (χ3n) is 3.55. The van der Waals surface area contributed by atoms with E-state index in [4.69, 9.17) is 0 Å². The molecule has 1 atom stereocenters. The fraction of sp³-hybridized carbons (Fsp3) is 0.909. The molecule has 16 heavy (non-hydrogen) atoms. The summed E-state index contributed by atoms with van der Waals surface area (Å²) in [6.45, 7) is 7.22. The number of rotatable bonds is 4. The zero-order chi connectivity index (χ0) is 12.4. The van der Waals surface area contributed by atoms with Crippen molar-refractivity contribution in [3.05, 3.63) is 0 Å². The van der Waals surface area contributed by atoms with Crippen LogP contribution in [-0.4, -0.2) is 43.8 Å². The Labute approximate surface area is 97.9 Å². The summed E-state index contributed by atoms with van der Waals surface area (Å²) < 4.78 is 22.7. The average molecular weight is 247 g/mol. The molecule has 1 aliphatic rings. The number of sulfone groups is 1. The quantitative estimate of drug-likeness (QED) is 0.746. The van der Waals surface area contributed by atoms with Crippen molar-refractivity contribution >= 4 is 15.7 Å². The largest absolute Gasteiger partial charge is 0.341 e. The van der Waals surface area contributed by atoms with Crippen LogP contribution in [0.5, 0.6) is 0 Å². The summed E-state index contributed by atoms with van der Waals surface area (Å²) in [5, 5.41) is 0. The summed E-state index contributed by atoms with van der Waals surface area (Å²) in [6.07, 6.45) is 2.00. The van der Waals surface area contributed by atoms with E-state index in [1.165, 1.54) is 0 Å². The molecule has 1 fully saturated rings. The number of amides is 1. The van der Waals surface area contributed by atoms with Gasteiger partial charge in [0.2, 0.25) is 5.91 Å². The molecule has 0 radical (unpaired) electrons. The van der Waals surface area contributed by atoms with E-state index in [0.717, 1.165) is 12.8 Å². The summed E-state index contributed by atoms with van der Waals surface area (Å²) in [4.78, 5) is 13.5. The van der Waals surface area contributed by atoms with E-state index >= 15 is 0 Å². The first-order valence-corrected chi connectivity index (χ1v) is 7.62. The Morgan fingerprint density at radius 1 is 1.38 bits per heavy atom. The summed E-state index contributed by atoms with van der Waals surface area (Å²) >= 11 is 0. The van der Waals surface area contributed by atoms with Gasteiger partial charge in [-0.1, -0.05) is 20.8 Å². The van der Waals surface area contributed by atoms with E-state index in [1.54, 1.807) is 11.8 Å². The maximum Gasteiger partial charge on any atom is 0.237 e. The molecule has 4 nitrogen and oxygen atoms in total. The van der Waals surface area contributed by atoms with E-state index in [9.17, 15) is 13.2 Å². The predicted molar refractivity (Wildman–Crippen MR) is 63.9 cm³/mol. The second-order valence-corrected chi connectivity index (χ2v) is 7.26. The van der Waals surface area contributed by atoms with Crippen LogP contribution >= 0.6 is 0 Å². The van der Waals surface area contributed by atoms with Crippen LogP contribution in [0, 0.1) is 5.41 Å². The Bertz CT molecular complexity index is 363. The van der Waals surface area contributed by atoms with Crippen molar-refractivity contribution in [2.75, 3.05) is 24.6 Å². The van der Waals surface area contributed by atoms with E-state index in [1.807, 2.05) is 0 Å². The average Bonchev–Trinajstić information content (AvgIpc) is 2.62. The molecule has 94 valence electrons. The first-order valence-electron chi connectivity index (χ1n) is 5.80. The molecule has 0 aromatic heterocycles. The number of nitrogens with zero attached hydrogens (tertiary/aromatic N) is 1. The molecular weight excluding hydrogens is 226 g/mol. The topological polar surface area (TPSA) is 54.5 Å². The minimum Gasteiger partial charge on any atom is -0.341 e. The Morgan fingerprint density at radius 3 is 2.44 bits per heavy atom. The van der Waals surface area contributed by atoms with Crippen LogP contribution < -0.4 is 0 Å². The van der Waals surface area contributed by atoms with Crippen LogP contribution in [0.25, 0.3) is 0 Å². The first kappa shape index (κ1) is 13.5. The van der Waals surface area contributed by atoms with E-state index in [2.05, 4.69) is 13.8 Å². The molecule has 0 bridgehead atoms. The number of carbonyl (C=O) groups excluding carboxylic acids is 1. The lowest BCUT2D eigenvalue weighted by Crippen LogP contribution is -2.35. The zero-order valence-electron chi connectivity index (χ0n) is 10.3. The highest BCUT2D eigenvalue weighted by atomic mass is 32.2. The standard InChI is InChI=1S/C11H21NO3S/c1-4-11(3)6-7-12(9-11)10(13)8-16(14,15)5-2/h4-9H2,1-3H3. The van der Waals surface area contributed by atoms with Gasteiger partial charge in [-0.3, -0.25) is 4.79 Å². The molecule has 0 spiro atoms. The maximum absolute atomic E-state index is 11.8. The summed E-state index contributed by atoms with van der Waals surface area (Å²) in [5.41, 5.74) is 0.172. The van der Waals surface area contributed by atoms with Gasteiger partial charge < -0.3 is 4.90 Å². The highest BCUT2D eigenvalue weighted by Gasteiger charge is 2.35. The molecular formula is C11H21NO3S. The normalized spacial score (nSPS) is 26.1. The molecule has 5 heteroatoms. The van der Waals surface area contributed by atoms with Crippen molar-refractivity contribution < 1.29 is 13.2 Å². The van der Waals surface area contributed by atoms with Crippen molar-refractivity contribution in [1.29, 1.82) is 0 Å². The molecule has 1 unspecified atom stereocenters. The third-order valence-corrected chi connectivity index (χ3v) is 5.11. The van der Waals surface area contributed by atoms with Gasteiger partial charge in [0.1, 0.15) is 5.75 Å². The minimum absolute atomic E-state index is 0.0393. The fourth-order valence-electron chi connectivity index (χ4n) is 1.91. The molecule has 0 aliphatic carbocycles. The SMILES string of the molecule is CCC1(C)CCN(C(=O)CS(=O)(=O)CC)C1. The maximum atomic E-state index is 11.8. The smallest absolute Gasteiger partial charge is 0.237 e. The predicted octanol–water partition coefficient (Wildman–Crippen LogP) is 1.07. The van der Waals surface area contributed by atoms with Gasteiger partial charge in [0.15, 0.2) is 9.84 Å². The highest BCUT2D eigenvalue weighted by molar-refractivity contribution is 7.92. The summed E-state index contributed by atoms with van der Waals surface area (Å²) in [5.74, 6) is -0.528. The van der Waals surface area contributed by atoms with Crippen molar-refractivity contribution in [1.82, 2.24) is 4.90 Å². The first-order chi connectivity index (χ1) is 7.32. The van der Waals surface area contributed by atoms with Crippen LogP contribution in [0.2, 0.25) is 0 Å². The molecule has 0 saturated carbocycles. The van der Waals surface area contributed by atoms with Crippen LogP contribution in [0.15, 0.2) is 0 Å². The molecule has 1 aliphatic heterocycles. The molecule has 1 rings (SSSR count). The molecule has 1 saturated heterocycles. The molecule has 1 heterocycles. The van der Waals surface area contributed by atoms with Crippen LogP contribution in [0.4, 0.5) is 0 Å². The molecule has 1 amide bonds. The summed E-state index contributed by atoms with van der Waals surface area (Å²) in [6, 6.07) is 0. The van der Waals surface area contributed by atoms with E-state index in [0.29, 0.717) is 13.1 Å². The Balaban J connectivity index is 2.59. The minimum atomic E-state index is -3.19. The van der Waals surface area contributed by atoms with Gasteiger partial charge in [0.25, 0.3) is 0 Å². The lowest BCUT2D eigenvalue weighted by atomic mass is 9.87. The number of hydrogen-bond acceptors (Lipinski definition) is 3. The van der Waals surface area contributed by atoms with Gasteiger partial charge in [0, 0.05) is 18.8 Å². The van der Waals surface area contributed by atoms with Gasteiger partial charge in [-0.25, -0.2) is 8.42 Å². The van der Waals surface area contributed by atoms with E-state index in [-0.39, 0.29) is 22.8 Å². The number of hydrogen-bond donors (Lipinski definition) is 0. The van der Waals surface area contributed by atoms with Crippen molar-refractivity contribution in [2.24, 2.45) is 5.41 Å². The second-order valence-electron chi connectivity index (χ2n) is 4.91. The zero-order valence-corrected chi connectivity index (χ0v) is 11.1. The van der Waals surface area contributed by atoms with Gasteiger partial charge in [-0.2, -0.15) is 0 Å². The van der Waals surface area contributed by atoms with Crippen LogP contribution in [0.1, 0.15) is 33.6 Å². The second kappa shape index (κ2) is 4.73. The van der Waals surface area contributed by atoms with Gasteiger partial charge >= 0.3 is 0 Å². The molecule has 0 aromatic carbocycles. The van der Waals surface area contributed by atoms with Gasteiger partial charge in [0.05, 0.1) is 0 Å². The Hall–Kier alpha value is -0.580. The van der Waals surface area contributed by atoms with Crippen LogP contribution in [0.3, 0.4) is 0 Å². The highest BCUT2D eigenvalue weighted by Crippen LogP contribution is 2.32. The van der Waals surface area contributed by atoms with E-state index < -0.39 is 9.84 Å². The molecule has 0 N–H and O–H groups in total. The number of likely N-dealkylation sites (tertiary alicyclic amines) is 1. The number of carbonyl (C=O) groups is 1.